The molecule has 2 aromatic carbocycles. The predicted octanol–water partition coefficient (Wildman–Crippen LogP) is 7.02. The highest BCUT2D eigenvalue weighted by atomic mass is 79.9. The first-order valence-corrected chi connectivity index (χ1v) is 8.12. The monoisotopic (exact) mass is 438 g/mol. The molecule has 0 N–H and O–H groups in total. The van der Waals surface area contributed by atoms with Gasteiger partial charge in [-0.1, -0.05) is 52.3 Å². The van der Waals surface area contributed by atoms with Crippen molar-refractivity contribution in [2.45, 2.75) is 25.4 Å². The summed E-state index contributed by atoms with van der Waals surface area (Å²) in [5.74, 6) is -2.77. The lowest BCUT2D eigenvalue weighted by molar-refractivity contribution is -0.274. The molecule has 0 amide bonds. The van der Waals surface area contributed by atoms with E-state index in [2.05, 4.69) is 20.7 Å². The fourth-order valence-corrected chi connectivity index (χ4v) is 2.63. The van der Waals surface area contributed by atoms with Crippen LogP contribution >= 0.6 is 15.9 Å². The summed E-state index contributed by atoms with van der Waals surface area (Å²) in [6, 6.07) is 8.92. The summed E-state index contributed by atoms with van der Waals surface area (Å²) in [6.07, 6.45) is -7.46. The molecule has 8 heteroatoms. The van der Waals surface area contributed by atoms with Crippen LogP contribution in [-0.2, 0) is 0 Å². The molecule has 0 saturated carbocycles. The molecule has 1 atom stereocenters. The van der Waals surface area contributed by atoms with Crippen molar-refractivity contribution in [2.24, 2.45) is 0 Å². The second-order valence-electron chi connectivity index (χ2n) is 5.51. The maximum atomic E-state index is 13.4. The molecule has 0 fully saturated rings. The standard InChI is InChI=1S/C18H13BrF6O/c1-11-5-6-12(9-16(11)19)7-8-15(17(20,21)22)13-3-2-4-14(10-13)26-18(23,24)25/h2-10,15H,1H3/b8-7+. The minimum Gasteiger partial charge on any atom is -0.406 e. The quantitative estimate of drug-likeness (QED) is 0.466. The molecule has 1 unspecified atom stereocenters. The average Bonchev–Trinajstić information content (AvgIpc) is 2.48. The highest BCUT2D eigenvalue weighted by Gasteiger charge is 2.39. The molecule has 0 aliphatic rings. The molecule has 0 aromatic heterocycles. The van der Waals surface area contributed by atoms with E-state index in [1.807, 2.05) is 6.92 Å². The van der Waals surface area contributed by atoms with Gasteiger partial charge in [0.15, 0.2) is 0 Å². The molecule has 0 aliphatic carbocycles. The molecule has 26 heavy (non-hydrogen) atoms. The number of rotatable bonds is 4. The Bertz CT molecular complexity index is 795. The summed E-state index contributed by atoms with van der Waals surface area (Å²) in [5, 5.41) is 0. The van der Waals surface area contributed by atoms with Gasteiger partial charge in [0.1, 0.15) is 5.75 Å². The zero-order valence-electron chi connectivity index (χ0n) is 13.3. The lowest BCUT2D eigenvalue weighted by Gasteiger charge is -2.18. The Kier molecular flexibility index (Phi) is 6.05. The third-order valence-electron chi connectivity index (χ3n) is 3.48. The van der Waals surface area contributed by atoms with Gasteiger partial charge in [-0.3, -0.25) is 0 Å². The van der Waals surface area contributed by atoms with E-state index >= 15 is 0 Å². The van der Waals surface area contributed by atoms with Gasteiger partial charge >= 0.3 is 12.5 Å². The summed E-state index contributed by atoms with van der Waals surface area (Å²) in [4.78, 5) is 0. The van der Waals surface area contributed by atoms with E-state index in [-0.39, 0.29) is 5.56 Å². The average molecular weight is 439 g/mol. The third kappa shape index (κ3) is 5.79. The van der Waals surface area contributed by atoms with E-state index in [0.29, 0.717) is 5.56 Å². The van der Waals surface area contributed by atoms with E-state index in [1.54, 1.807) is 18.2 Å². The van der Waals surface area contributed by atoms with E-state index < -0.39 is 24.2 Å². The van der Waals surface area contributed by atoms with Gasteiger partial charge in [-0.05, 0) is 41.8 Å². The predicted molar refractivity (Wildman–Crippen MR) is 89.8 cm³/mol. The number of alkyl halides is 6. The first kappa shape index (κ1) is 20.4. The molecule has 0 aliphatic heterocycles. The van der Waals surface area contributed by atoms with E-state index in [1.165, 1.54) is 6.08 Å². The van der Waals surface area contributed by atoms with Crippen molar-refractivity contribution in [3.05, 3.63) is 69.7 Å². The summed E-state index contributed by atoms with van der Waals surface area (Å²) in [5.41, 5.74) is 1.10. The van der Waals surface area contributed by atoms with Crippen molar-refractivity contribution in [1.29, 1.82) is 0 Å². The molecular formula is C18H13BrF6O. The van der Waals surface area contributed by atoms with Crippen molar-refractivity contribution < 1.29 is 31.1 Å². The van der Waals surface area contributed by atoms with Gasteiger partial charge < -0.3 is 4.74 Å². The number of aryl methyl sites for hydroxylation is 1. The van der Waals surface area contributed by atoms with Crippen LogP contribution in [0.1, 0.15) is 22.6 Å². The van der Waals surface area contributed by atoms with Crippen LogP contribution < -0.4 is 4.74 Å². The molecule has 140 valence electrons. The van der Waals surface area contributed by atoms with Crippen molar-refractivity contribution in [3.63, 3.8) is 0 Å². The third-order valence-corrected chi connectivity index (χ3v) is 4.33. The molecule has 2 rings (SSSR count). The molecule has 2 aromatic rings. The van der Waals surface area contributed by atoms with Gasteiger partial charge in [-0.15, -0.1) is 13.2 Å². The Labute approximate surface area is 154 Å². The highest BCUT2D eigenvalue weighted by molar-refractivity contribution is 9.10. The largest absolute Gasteiger partial charge is 0.573 e. The van der Waals surface area contributed by atoms with Crippen LogP contribution in [0.2, 0.25) is 0 Å². The lowest BCUT2D eigenvalue weighted by atomic mass is 9.96. The van der Waals surface area contributed by atoms with Crippen LogP contribution in [-0.4, -0.2) is 12.5 Å². The molecule has 0 heterocycles. The van der Waals surface area contributed by atoms with Crippen LogP contribution in [0.3, 0.4) is 0 Å². The van der Waals surface area contributed by atoms with E-state index in [0.717, 1.165) is 40.4 Å². The SMILES string of the molecule is Cc1ccc(/C=C/C(c2cccc(OC(F)(F)F)c2)C(F)(F)F)cc1Br. The summed E-state index contributed by atoms with van der Waals surface area (Å²) in [7, 11) is 0. The minimum absolute atomic E-state index is 0.346. The van der Waals surface area contributed by atoms with Crippen molar-refractivity contribution in [3.8, 4) is 5.75 Å². The minimum atomic E-state index is -4.98. The normalized spacial score (nSPS) is 13.8. The molecule has 0 bridgehead atoms. The second-order valence-corrected chi connectivity index (χ2v) is 6.36. The zero-order chi connectivity index (χ0) is 19.5. The second kappa shape index (κ2) is 7.73. The molecule has 0 spiro atoms. The smallest absolute Gasteiger partial charge is 0.406 e. The van der Waals surface area contributed by atoms with Crippen LogP contribution in [0, 0.1) is 6.92 Å². The van der Waals surface area contributed by atoms with Crippen LogP contribution in [0.4, 0.5) is 26.3 Å². The Balaban J connectivity index is 2.35. The molecule has 0 radical (unpaired) electrons. The molecule has 1 nitrogen and oxygen atoms in total. The number of ether oxygens (including phenoxy) is 1. The Morgan fingerprint density at radius 1 is 1.00 bits per heavy atom. The zero-order valence-corrected chi connectivity index (χ0v) is 14.9. The maximum absolute atomic E-state index is 13.4. The van der Waals surface area contributed by atoms with Crippen molar-refractivity contribution >= 4 is 22.0 Å². The number of allylic oxidation sites excluding steroid dienone is 1. The van der Waals surface area contributed by atoms with Crippen LogP contribution in [0.15, 0.2) is 53.0 Å². The summed E-state index contributed by atoms with van der Waals surface area (Å²) >= 11 is 3.30. The fraction of sp³-hybridized carbons (Fsp3) is 0.222. The first-order valence-electron chi connectivity index (χ1n) is 7.32. The highest BCUT2D eigenvalue weighted by Crippen LogP contribution is 2.38. The Hall–Kier alpha value is -1.96. The topological polar surface area (TPSA) is 9.23 Å². The molecule has 0 saturated heterocycles. The molecular weight excluding hydrogens is 426 g/mol. The summed E-state index contributed by atoms with van der Waals surface area (Å²) in [6.45, 7) is 1.84. The number of hydrogen-bond donors (Lipinski definition) is 0. The van der Waals surface area contributed by atoms with Crippen LogP contribution in [0.5, 0.6) is 5.75 Å². The van der Waals surface area contributed by atoms with Crippen molar-refractivity contribution in [1.82, 2.24) is 0 Å². The van der Waals surface area contributed by atoms with Gasteiger partial charge in [0.05, 0.1) is 5.92 Å². The van der Waals surface area contributed by atoms with Gasteiger partial charge in [0.25, 0.3) is 0 Å². The Morgan fingerprint density at radius 3 is 2.27 bits per heavy atom. The van der Waals surface area contributed by atoms with Crippen molar-refractivity contribution in [2.75, 3.05) is 0 Å². The first-order chi connectivity index (χ1) is 12.0. The maximum Gasteiger partial charge on any atom is 0.573 e. The van der Waals surface area contributed by atoms with Crippen LogP contribution in [0.25, 0.3) is 6.08 Å². The van der Waals surface area contributed by atoms with Gasteiger partial charge in [-0.25, -0.2) is 0 Å². The number of halogens is 7. The van der Waals surface area contributed by atoms with E-state index in [4.69, 9.17) is 0 Å². The van der Waals surface area contributed by atoms with Gasteiger partial charge in [-0.2, -0.15) is 13.2 Å². The number of hydrogen-bond acceptors (Lipinski definition) is 1. The summed E-state index contributed by atoms with van der Waals surface area (Å²) < 4.78 is 81.5. The van der Waals surface area contributed by atoms with Gasteiger partial charge in [0.2, 0.25) is 0 Å². The van der Waals surface area contributed by atoms with E-state index in [9.17, 15) is 26.3 Å². The lowest BCUT2D eigenvalue weighted by Crippen LogP contribution is -2.20. The Morgan fingerprint density at radius 2 is 1.69 bits per heavy atom. The number of benzene rings is 2. The van der Waals surface area contributed by atoms with Gasteiger partial charge in [0, 0.05) is 4.47 Å². The fourth-order valence-electron chi connectivity index (χ4n) is 2.23.